The first kappa shape index (κ1) is 18.4. The van der Waals surface area contributed by atoms with E-state index in [1.165, 1.54) is 28.0 Å². The normalized spacial score (nSPS) is 12.1. The Balaban J connectivity index is 1.55. The van der Waals surface area contributed by atoms with E-state index >= 15 is 0 Å². The molecular formula is C24H22N2OS. The number of hydrogen-bond acceptors (Lipinski definition) is 3. The van der Waals surface area contributed by atoms with Gasteiger partial charge >= 0.3 is 0 Å². The van der Waals surface area contributed by atoms with Crippen LogP contribution in [0.15, 0.2) is 66.7 Å². The van der Waals surface area contributed by atoms with Gasteiger partial charge in [-0.05, 0) is 54.8 Å². The Kier molecular flexibility index (Phi) is 4.97. The maximum atomic E-state index is 12.8. The van der Waals surface area contributed by atoms with Gasteiger partial charge in [0.15, 0.2) is 5.13 Å². The quantitative estimate of drug-likeness (QED) is 0.446. The van der Waals surface area contributed by atoms with Crippen LogP contribution in [0.4, 0.5) is 5.13 Å². The molecular weight excluding hydrogens is 364 g/mol. The summed E-state index contributed by atoms with van der Waals surface area (Å²) in [5.41, 5.74) is 6.35. The summed E-state index contributed by atoms with van der Waals surface area (Å²) in [5.74, 6) is 0.0903. The van der Waals surface area contributed by atoms with Gasteiger partial charge in [-0.2, -0.15) is 0 Å². The highest BCUT2D eigenvalue weighted by atomic mass is 32.1. The fourth-order valence-electron chi connectivity index (χ4n) is 3.25. The lowest BCUT2D eigenvalue weighted by Crippen LogP contribution is -2.12. The minimum atomic E-state index is -0.131. The van der Waals surface area contributed by atoms with E-state index in [-0.39, 0.29) is 11.8 Å². The molecule has 1 amide bonds. The molecule has 28 heavy (non-hydrogen) atoms. The average molecular weight is 387 g/mol. The lowest BCUT2D eigenvalue weighted by Gasteiger charge is -2.14. The van der Waals surface area contributed by atoms with Crippen LogP contribution in [0.5, 0.6) is 0 Å². The van der Waals surface area contributed by atoms with E-state index in [4.69, 9.17) is 0 Å². The molecule has 0 radical (unpaired) electrons. The molecule has 3 aromatic carbocycles. The highest BCUT2D eigenvalue weighted by Gasteiger charge is 2.13. The summed E-state index contributed by atoms with van der Waals surface area (Å²) in [6, 6.07) is 22.5. The van der Waals surface area contributed by atoms with Crippen molar-refractivity contribution in [3.8, 4) is 0 Å². The number of fused-ring (bicyclic) bond motifs is 1. The molecule has 1 aromatic heterocycles. The van der Waals surface area contributed by atoms with Crippen LogP contribution in [-0.2, 0) is 0 Å². The van der Waals surface area contributed by atoms with Crippen molar-refractivity contribution in [3.63, 3.8) is 0 Å². The zero-order valence-corrected chi connectivity index (χ0v) is 17.0. The van der Waals surface area contributed by atoms with Crippen LogP contribution in [0, 0.1) is 13.8 Å². The van der Waals surface area contributed by atoms with E-state index in [1.807, 2.05) is 30.3 Å². The Morgan fingerprint density at radius 1 is 0.929 bits per heavy atom. The van der Waals surface area contributed by atoms with Gasteiger partial charge in [0.1, 0.15) is 0 Å². The van der Waals surface area contributed by atoms with Gasteiger partial charge in [0.05, 0.1) is 10.2 Å². The van der Waals surface area contributed by atoms with Crippen LogP contribution in [0.3, 0.4) is 0 Å². The first-order valence-corrected chi connectivity index (χ1v) is 10.2. The second kappa shape index (κ2) is 7.56. The molecule has 0 saturated heterocycles. The molecule has 1 unspecified atom stereocenters. The molecule has 4 rings (SSSR count). The van der Waals surface area contributed by atoms with Crippen molar-refractivity contribution in [2.24, 2.45) is 0 Å². The number of nitrogens with zero attached hydrogens (tertiary/aromatic N) is 1. The van der Waals surface area contributed by atoms with Crippen LogP contribution in [-0.4, -0.2) is 10.9 Å². The Labute approximate surface area is 169 Å². The van der Waals surface area contributed by atoms with Gasteiger partial charge in [0, 0.05) is 11.5 Å². The number of rotatable bonds is 4. The molecule has 0 spiro atoms. The van der Waals surface area contributed by atoms with Gasteiger partial charge in [-0.25, -0.2) is 4.98 Å². The summed E-state index contributed by atoms with van der Waals surface area (Å²) in [7, 11) is 0. The summed E-state index contributed by atoms with van der Waals surface area (Å²) in [4.78, 5) is 17.3. The third-order valence-electron chi connectivity index (χ3n) is 4.99. The van der Waals surface area contributed by atoms with Crippen LogP contribution in [0.25, 0.3) is 10.2 Å². The number of aryl methyl sites for hydroxylation is 2. The van der Waals surface area contributed by atoms with E-state index in [2.05, 4.69) is 67.5 Å². The highest BCUT2D eigenvalue weighted by molar-refractivity contribution is 7.22. The molecule has 0 aliphatic rings. The molecule has 0 bridgehead atoms. The highest BCUT2D eigenvalue weighted by Crippen LogP contribution is 2.28. The number of thiazole rings is 1. The SMILES string of the molecule is Cc1ccc(C(C)c2cccc(C(=O)Nc3nc4ccc(C)cc4s3)c2)cc1. The molecule has 0 aliphatic heterocycles. The molecule has 4 heteroatoms. The topological polar surface area (TPSA) is 42.0 Å². The molecule has 1 atom stereocenters. The Bertz CT molecular complexity index is 1140. The molecule has 0 aliphatic carbocycles. The molecule has 4 aromatic rings. The smallest absolute Gasteiger partial charge is 0.257 e. The van der Waals surface area contributed by atoms with E-state index in [0.29, 0.717) is 10.7 Å². The average Bonchev–Trinajstić information content (AvgIpc) is 3.09. The van der Waals surface area contributed by atoms with Crippen molar-refractivity contribution in [3.05, 3.63) is 94.5 Å². The molecule has 1 N–H and O–H groups in total. The van der Waals surface area contributed by atoms with Crippen LogP contribution >= 0.6 is 11.3 Å². The number of nitrogens with one attached hydrogen (secondary N) is 1. The second-order valence-electron chi connectivity index (χ2n) is 7.20. The first-order chi connectivity index (χ1) is 13.5. The number of hydrogen-bond donors (Lipinski definition) is 1. The second-order valence-corrected chi connectivity index (χ2v) is 8.23. The summed E-state index contributed by atoms with van der Waals surface area (Å²) >= 11 is 1.50. The minimum absolute atomic E-state index is 0.131. The maximum Gasteiger partial charge on any atom is 0.257 e. The standard InChI is InChI=1S/C24H22N2OS/c1-15-7-10-18(11-8-15)17(3)19-5-4-6-20(14-19)23(27)26-24-25-21-12-9-16(2)13-22(21)28-24/h4-14,17H,1-3H3,(H,25,26,27). The van der Waals surface area contributed by atoms with Crippen molar-refractivity contribution in [2.45, 2.75) is 26.7 Å². The summed E-state index contributed by atoms with van der Waals surface area (Å²) in [6.07, 6.45) is 0. The van der Waals surface area contributed by atoms with Gasteiger partial charge in [-0.3, -0.25) is 10.1 Å². The maximum absolute atomic E-state index is 12.8. The van der Waals surface area contributed by atoms with E-state index in [1.54, 1.807) is 0 Å². The number of carbonyl (C=O) groups is 1. The lowest BCUT2D eigenvalue weighted by atomic mass is 9.91. The Morgan fingerprint density at radius 2 is 1.68 bits per heavy atom. The van der Waals surface area contributed by atoms with E-state index in [0.717, 1.165) is 15.8 Å². The first-order valence-electron chi connectivity index (χ1n) is 9.35. The zero-order valence-electron chi connectivity index (χ0n) is 16.2. The van der Waals surface area contributed by atoms with Crippen LogP contribution < -0.4 is 5.32 Å². The minimum Gasteiger partial charge on any atom is -0.298 e. The Morgan fingerprint density at radius 3 is 2.46 bits per heavy atom. The van der Waals surface area contributed by atoms with Gasteiger partial charge in [0.25, 0.3) is 5.91 Å². The molecule has 3 nitrogen and oxygen atoms in total. The Hall–Kier alpha value is -2.98. The molecule has 0 saturated carbocycles. The summed E-state index contributed by atoms with van der Waals surface area (Å²) in [6.45, 7) is 6.30. The van der Waals surface area contributed by atoms with Gasteiger partial charge < -0.3 is 0 Å². The third kappa shape index (κ3) is 3.82. The molecule has 140 valence electrons. The van der Waals surface area contributed by atoms with Crippen LogP contribution in [0.1, 0.15) is 45.5 Å². The summed E-state index contributed by atoms with van der Waals surface area (Å²) < 4.78 is 1.08. The number of amides is 1. The van der Waals surface area contributed by atoms with E-state index in [9.17, 15) is 4.79 Å². The third-order valence-corrected chi connectivity index (χ3v) is 5.92. The zero-order chi connectivity index (χ0) is 19.7. The van der Waals surface area contributed by atoms with Gasteiger partial charge in [-0.15, -0.1) is 0 Å². The number of anilines is 1. The lowest BCUT2D eigenvalue weighted by molar-refractivity contribution is 0.102. The predicted molar refractivity (Wildman–Crippen MR) is 117 cm³/mol. The molecule has 0 fully saturated rings. The number of carbonyl (C=O) groups excluding carboxylic acids is 1. The van der Waals surface area contributed by atoms with Gasteiger partial charge in [0.2, 0.25) is 0 Å². The predicted octanol–water partition coefficient (Wildman–Crippen LogP) is 6.32. The number of aromatic nitrogens is 1. The summed E-state index contributed by atoms with van der Waals surface area (Å²) in [5, 5.41) is 3.58. The van der Waals surface area contributed by atoms with Crippen molar-refractivity contribution in [2.75, 3.05) is 5.32 Å². The monoisotopic (exact) mass is 386 g/mol. The fourth-order valence-corrected chi connectivity index (χ4v) is 4.21. The fraction of sp³-hybridized carbons (Fsp3) is 0.167. The molecule has 1 heterocycles. The van der Waals surface area contributed by atoms with Crippen molar-refractivity contribution in [1.82, 2.24) is 4.98 Å². The van der Waals surface area contributed by atoms with Crippen molar-refractivity contribution >= 4 is 32.6 Å². The largest absolute Gasteiger partial charge is 0.298 e. The van der Waals surface area contributed by atoms with Crippen LogP contribution in [0.2, 0.25) is 0 Å². The van der Waals surface area contributed by atoms with Gasteiger partial charge in [-0.1, -0.05) is 66.3 Å². The number of benzene rings is 3. The van der Waals surface area contributed by atoms with E-state index < -0.39 is 0 Å². The van der Waals surface area contributed by atoms with Crippen molar-refractivity contribution in [1.29, 1.82) is 0 Å². The van der Waals surface area contributed by atoms with Crippen molar-refractivity contribution < 1.29 is 4.79 Å².